The quantitative estimate of drug-likeness (QED) is 0.813. The number of aromatic nitrogens is 1. The number of pyridine rings is 1. The first-order valence-corrected chi connectivity index (χ1v) is 7.65. The zero-order chi connectivity index (χ0) is 14.6. The van der Waals surface area contributed by atoms with Gasteiger partial charge in [-0.25, -0.2) is 0 Å². The van der Waals surface area contributed by atoms with Crippen LogP contribution < -0.4 is 9.42 Å². The molecule has 0 aliphatic carbocycles. The van der Waals surface area contributed by atoms with Gasteiger partial charge in [-0.1, -0.05) is 45.0 Å². The molecule has 0 N–H and O–H groups in total. The van der Waals surface area contributed by atoms with Crippen LogP contribution in [-0.4, -0.2) is 10.3 Å². The Morgan fingerprint density at radius 2 is 1.70 bits per heavy atom. The average molecular weight is 287 g/mol. The number of rotatable bonds is 3. The lowest BCUT2D eigenvalue weighted by Crippen LogP contribution is -2.25. The lowest BCUT2D eigenvalue weighted by molar-refractivity contribution is -0.165. The van der Waals surface area contributed by atoms with Crippen molar-refractivity contribution in [2.45, 2.75) is 20.8 Å². The molecule has 1 aromatic carbocycles. The molecule has 1 unspecified atom stereocenters. The third kappa shape index (κ3) is 3.66. The Labute approximate surface area is 120 Å². The second kappa shape index (κ2) is 6.17. The summed E-state index contributed by atoms with van der Waals surface area (Å²) in [6.45, 7) is 6.04. The minimum Gasteiger partial charge on any atom is -0.595 e. The lowest BCUT2D eigenvalue weighted by atomic mass is 9.90. The number of benzene rings is 1. The first-order chi connectivity index (χ1) is 9.48. The van der Waals surface area contributed by atoms with E-state index in [4.69, 9.17) is 4.52 Å². The third-order valence-corrected chi connectivity index (χ3v) is 4.37. The van der Waals surface area contributed by atoms with Gasteiger partial charge in [-0.15, -0.1) is 0 Å². The molecule has 1 aromatic heterocycles. The molecular formula is C16H18NO2P. The van der Waals surface area contributed by atoms with Crippen LogP contribution in [0.3, 0.4) is 0 Å². The molecule has 0 bridgehead atoms. The molecule has 20 heavy (non-hydrogen) atoms. The topological polar surface area (TPSA) is 45.2 Å². The Kier molecular flexibility index (Phi) is 4.53. The number of hydrogen-bond acceptors (Lipinski definition) is 3. The summed E-state index contributed by atoms with van der Waals surface area (Å²) < 4.78 is 5.59. The van der Waals surface area contributed by atoms with E-state index in [0.717, 1.165) is 11.0 Å². The van der Waals surface area contributed by atoms with Crippen molar-refractivity contribution in [3.63, 3.8) is 0 Å². The average Bonchev–Trinajstić information content (AvgIpc) is 2.39. The van der Waals surface area contributed by atoms with Gasteiger partial charge < -0.3 is 4.89 Å². The van der Waals surface area contributed by atoms with Gasteiger partial charge in [-0.3, -0.25) is 9.51 Å². The van der Waals surface area contributed by atoms with Gasteiger partial charge in [0.1, 0.15) is 5.69 Å². The van der Waals surface area contributed by atoms with E-state index in [-0.39, 0.29) is 5.41 Å². The zero-order valence-corrected chi connectivity index (χ0v) is 12.8. The SMILES string of the molecule is CC(C)(C)/C(c1ccccn1)=[P+](\[O-])Oc1ccccc1. The molecule has 0 saturated heterocycles. The minimum absolute atomic E-state index is 0.281. The van der Waals surface area contributed by atoms with E-state index in [0.29, 0.717) is 5.75 Å². The van der Waals surface area contributed by atoms with Gasteiger partial charge >= 0.3 is 0 Å². The summed E-state index contributed by atoms with van der Waals surface area (Å²) in [4.78, 5) is 16.9. The maximum absolute atomic E-state index is 12.6. The van der Waals surface area contributed by atoms with Crippen molar-refractivity contribution in [1.29, 1.82) is 0 Å². The first kappa shape index (κ1) is 14.7. The van der Waals surface area contributed by atoms with E-state index >= 15 is 0 Å². The summed E-state index contributed by atoms with van der Waals surface area (Å²) in [6.07, 6.45) is 1.70. The highest BCUT2D eigenvalue weighted by molar-refractivity contribution is 7.48. The van der Waals surface area contributed by atoms with E-state index in [1.54, 1.807) is 18.3 Å². The standard InChI is InChI=1S/C16H18NO2P/c1-16(2,3)15(14-11-7-8-12-17-14)20(18)19-13-9-5-4-6-10-13/h4-12H,1-3H3. The van der Waals surface area contributed by atoms with Gasteiger partial charge in [-0.05, 0) is 24.3 Å². The molecule has 0 radical (unpaired) electrons. The predicted octanol–water partition coefficient (Wildman–Crippen LogP) is 3.40. The largest absolute Gasteiger partial charge is 0.595 e. The number of hydrogen-bond donors (Lipinski definition) is 0. The van der Waals surface area contributed by atoms with E-state index in [1.807, 2.05) is 57.2 Å². The van der Waals surface area contributed by atoms with Crippen LogP contribution in [0.15, 0.2) is 54.7 Å². The number of para-hydroxylation sites is 1. The van der Waals surface area contributed by atoms with Gasteiger partial charge in [0.15, 0.2) is 11.0 Å². The van der Waals surface area contributed by atoms with E-state index in [1.165, 1.54) is 0 Å². The van der Waals surface area contributed by atoms with Crippen LogP contribution in [0.5, 0.6) is 5.75 Å². The lowest BCUT2D eigenvalue weighted by Gasteiger charge is -2.19. The van der Waals surface area contributed by atoms with Crippen LogP contribution in [0.2, 0.25) is 0 Å². The van der Waals surface area contributed by atoms with Crippen molar-refractivity contribution in [2.75, 3.05) is 0 Å². The van der Waals surface area contributed by atoms with Crippen LogP contribution in [0.25, 0.3) is 0 Å². The highest BCUT2D eigenvalue weighted by atomic mass is 31.1. The normalized spacial score (nSPS) is 12.8. The fourth-order valence-electron chi connectivity index (χ4n) is 1.88. The summed E-state index contributed by atoms with van der Waals surface area (Å²) in [6, 6.07) is 14.8. The molecule has 2 rings (SSSR count). The minimum atomic E-state index is -1.98. The third-order valence-electron chi connectivity index (χ3n) is 2.73. The molecule has 0 fully saturated rings. The smallest absolute Gasteiger partial charge is 0.283 e. The van der Waals surface area contributed by atoms with Crippen molar-refractivity contribution < 1.29 is 9.42 Å². The molecule has 0 amide bonds. The van der Waals surface area contributed by atoms with Crippen LogP contribution in [0.4, 0.5) is 0 Å². The highest BCUT2D eigenvalue weighted by Crippen LogP contribution is 2.32. The Balaban J connectivity index is 2.43. The van der Waals surface area contributed by atoms with E-state index < -0.39 is 8.00 Å². The maximum Gasteiger partial charge on any atom is 0.283 e. The molecular weight excluding hydrogens is 269 g/mol. The Morgan fingerprint density at radius 1 is 1.05 bits per heavy atom. The van der Waals surface area contributed by atoms with Crippen molar-refractivity contribution >= 4 is 13.3 Å². The second-order valence-electron chi connectivity index (χ2n) is 5.48. The molecule has 2 aromatic rings. The Bertz CT molecular complexity index is 589. The molecule has 3 nitrogen and oxygen atoms in total. The monoisotopic (exact) mass is 287 g/mol. The molecule has 1 atom stereocenters. The predicted molar refractivity (Wildman–Crippen MR) is 81.8 cm³/mol. The van der Waals surface area contributed by atoms with Gasteiger partial charge in [0.25, 0.3) is 8.00 Å². The Hall–Kier alpha value is -1.70. The molecule has 4 heteroatoms. The van der Waals surface area contributed by atoms with Gasteiger partial charge in [-0.2, -0.15) is 0 Å². The fraction of sp³-hybridized carbons (Fsp3) is 0.250. The van der Waals surface area contributed by atoms with Crippen LogP contribution >= 0.6 is 8.00 Å². The molecule has 0 saturated carbocycles. The Morgan fingerprint density at radius 3 is 2.25 bits per heavy atom. The summed E-state index contributed by atoms with van der Waals surface area (Å²) in [5.41, 5.74) is 0.438. The molecule has 1 heterocycles. The molecule has 0 aliphatic heterocycles. The van der Waals surface area contributed by atoms with E-state index in [2.05, 4.69) is 4.98 Å². The fourth-order valence-corrected chi connectivity index (χ4v) is 3.15. The summed E-state index contributed by atoms with van der Waals surface area (Å²) in [5, 5.41) is 0.719. The van der Waals surface area contributed by atoms with Crippen molar-refractivity contribution in [1.82, 2.24) is 4.98 Å². The van der Waals surface area contributed by atoms with Crippen molar-refractivity contribution in [3.8, 4) is 5.75 Å². The molecule has 0 aliphatic rings. The summed E-state index contributed by atoms with van der Waals surface area (Å²) >= 11 is 0. The maximum atomic E-state index is 12.6. The van der Waals surface area contributed by atoms with Gasteiger partial charge in [0.2, 0.25) is 0 Å². The van der Waals surface area contributed by atoms with Crippen molar-refractivity contribution in [3.05, 3.63) is 60.4 Å². The highest BCUT2D eigenvalue weighted by Gasteiger charge is 2.30. The summed E-state index contributed by atoms with van der Waals surface area (Å²) in [7, 11) is -1.98. The van der Waals surface area contributed by atoms with E-state index in [9.17, 15) is 4.89 Å². The second-order valence-corrected chi connectivity index (χ2v) is 6.62. The van der Waals surface area contributed by atoms with Gasteiger partial charge in [0.05, 0.1) is 0 Å². The number of nitrogens with zero attached hydrogens (tertiary/aromatic N) is 1. The van der Waals surface area contributed by atoms with Crippen LogP contribution in [0.1, 0.15) is 26.5 Å². The molecule has 0 spiro atoms. The van der Waals surface area contributed by atoms with Crippen LogP contribution in [0, 0.1) is 5.41 Å². The van der Waals surface area contributed by atoms with Gasteiger partial charge in [0, 0.05) is 11.6 Å². The summed E-state index contributed by atoms with van der Waals surface area (Å²) in [5.74, 6) is 0.603. The van der Waals surface area contributed by atoms with Crippen molar-refractivity contribution in [2.24, 2.45) is 5.41 Å². The van der Waals surface area contributed by atoms with Crippen LogP contribution in [-0.2, 0) is 0 Å². The first-order valence-electron chi connectivity index (χ1n) is 6.47. The zero-order valence-electron chi connectivity index (χ0n) is 11.9. The molecule has 104 valence electrons.